The molecule has 5 rings (SSSR count). The third-order valence-electron chi connectivity index (χ3n) is 8.55. The molecule has 152 valence electrons. The Hall–Kier alpha value is -0.650. The first-order valence-electron chi connectivity index (χ1n) is 11.5. The van der Waals surface area contributed by atoms with E-state index in [1.807, 2.05) is 0 Å². The number of amides is 1. The lowest BCUT2D eigenvalue weighted by molar-refractivity contribution is -0.121. The molecule has 5 nitrogen and oxygen atoms in total. The largest absolute Gasteiger partial charge is 0.370 e. The van der Waals surface area contributed by atoms with E-state index in [0.29, 0.717) is 17.9 Å². The van der Waals surface area contributed by atoms with Gasteiger partial charge in [0.1, 0.15) is 0 Å². The van der Waals surface area contributed by atoms with Crippen LogP contribution in [0, 0.1) is 17.8 Å². The maximum Gasteiger partial charge on any atom is 0.220 e. The summed E-state index contributed by atoms with van der Waals surface area (Å²) >= 11 is 0. The highest BCUT2D eigenvalue weighted by Crippen LogP contribution is 2.55. The standard InChI is InChI=1S/C22H37N3O2/c1-24-11-8-17(9-12-24)25-14-19-18(20-7-10-22(19,15-25)27-20)13-23-21(26)6-5-16-3-2-4-16/h16-20H,2-15H2,1H3,(H,23,26)/t18-,19+,20+,22+/m0/s1. The molecule has 1 saturated carbocycles. The van der Waals surface area contributed by atoms with Crippen LogP contribution >= 0.6 is 0 Å². The van der Waals surface area contributed by atoms with Crippen LogP contribution in [0.25, 0.3) is 0 Å². The van der Waals surface area contributed by atoms with Gasteiger partial charge in [-0.1, -0.05) is 19.3 Å². The van der Waals surface area contributed by atoms with E-state index in [1.54, 1.807) is 0 Å². The van der Waals surface area contributed by atoms with Gasteiger partial charge in [0.05, 0.1) is 11.7 Å². The zero-order valence-electron chi connectivity index (χ0n) is 17.0. The summed E-state index contributed by atoms with van der Waals surface area (Å²) in [4.78, 5) is 17.5. The Bertz CT molecular complexity index is 558. The van der Waals surface area contributed by atoms with Gasteiger partial charge in [0.25, 0.3) is 0 Å². The summed E-state index contributed by atoms with van der Waals surface area (Å²) in [6, 6.07) is 0.738. The SMILES string of the molecule is CN1CCC(N2C[C@@H]3[C@H](CNC(=O)CCC4CCC4)[C@H]4CC[C@]3(C2)O4)CC1. The second kappa shape index (κ2) is 7.31. The molecule has 1 aliphatic carbocycles. The normalized spacial score (nSPS) is 40.3. The summed E-state index contributed by atoms with van der Waals surface area (Å²) in [6.45, 7) is 5.61. The maximum atomic E-state index is 12.3. The fraction of sp³-hybridized carbons (Fsp3) is 0.955. The van der Waals surface area contributed by atoms with E-state index in [-0.39, 0.29) is 11.5 Å². The number of hydrogen-bond donors (Lipinski definition) is 1. The third kappa shape index (κ3) is 3.44. The van der Waals surface area contributed by atoms with E-state index in [2.05, 4.69) is 22.2 Å². The first-order valence-corrected chi connectivity index (χ1v) is 11.5. The lowest BCUT2D eigenvalue weighted by Gasteiger charge is -2.36. The van der Waals surface area contributed by atoms with Crippen LogP contribution in [-0.2, 0) is 9.53 Å². The molecule has 5 heteroatoms. The van der Waals surface area contributed by atoms with Crippen molar-refractivity contribution in [1.82, 2.24) is 15.1 Å². The number of hydrogen-bond acceptors (Lipinski definition) is 4. The van der Waals surface area contributed by atoms with Crippen molar-refractivity contribution in [2.24, 2.45) is 17.8 Å². The zero-order valence-corrected chi connectivity index (χ0v) is 17.0. The van der Waals surface area contributed by atoms with Crippen molar-refractivity contribution >= 4 is 5.91 Å². The molecule has 4 aliphatic heterocycles. The Morgan fingerprint density at radius 2 is 2.00 bits per heavy atom. The van der Waals surface area contributed by atoms with Crippen molar-refractivity contribution in [1.29, 1.82) is 0 Å². The molecule has 0 unspecified atom stereocenters. The minimum Gasteiger partial charge on any atom is -0.370 e. The van der Waals surface area contributed by atoms with Gasteiger partial charge < -0.3 is 15.0 Å². The summed E-state index contributed by atoms with van der Waals surface area (Å²) in [6.07, 6.45) is 11.3. The predicted molar refractivity (Wildman–Crippen MR) is 105 cm³/mol. The predicted octanol–water partition coefficient (Wildman–Crippen LogP) is 2.26. The molecule has 0 aromatic rings. The summed E-state index contributed by atoms with van der Waals surface area (Å²) < 4.78 is 6.59. The van der Waals surface area contributed by atoms with Crippen LogP contribution in [-0.4, -0.2) is 73.2 Å². The van der Waals surface area contributed by atoms with E-state index >= 15 is 0 Å². The van der Waals surface area contributed by atoms with Crippen LogP contribution in [0.15, 0.2) is 0 Å². The van der Waals surface area contributed by atoms with Crippen molar-refractivity contribution in [3.63, 3.8) is 0 Å². The highest BCUT2D eigenvalue weighted by Gasteiger charge is 2.63. The van der Waals surface area contributed by atoms with Gasteiger partial charge in [0.2, 0.25) is 5.91 Å². The van der Waals surface area contributed by atoms with Crippen LogP contribution in [0.3, 0.4) is 0 Å². The molecule has 1 amide bonds. The number of piperidine rings is 1. The van der Waals surface area contributed by atoms with E-state index in [9.17, 15) is 4.79 Å². The molecule has 2 bridgehead atoms. The van der Waals surface area contributed by atoms with Gasteiger partial charge in [0, 0.05) is 43.9 Å². The van der Waals surface area contributed by atoms with Crippen molar-refractivity contribution in [2.45, 2.75) is 75.5 Å². The van der Waals surface area contributed by atoms with E-state index < -0.39 is 0 Å². The molecule has 0 aromatic heterocycles. The molecule has 5 aliphatic rings. The minimum absolute atomic E-state index is 0.106. The van der Waals surface area contributed by atoms with Crippen LogP contribution in [0.5, 0.6) is 0 Å². The van der Waals surface area contributed by atoms with Gasteiger partial charge in [-0.25, -0.2) is 0 Å². The lowest BCUT2D eigenvalue weighted by Crippen LogP contribution is -2.44. The lowest BCUT2D eigenvalue weighted by atomic mass is 9.73. The number of likely N-dealkylation sites (tertiary alicyclic amines) is 2. The van der Waals surface area contributed by atoms with Crippen LogP contribution < -0.4 is 5.32 Å². The van der Waals surface area contributed by atoms with Gasteiger partial charge >= 0.3 is 0 Å². The number of carbonyl (C=O) groups excluding carboxylic acids is 1. The fourth-order valence-corrected chi connectivity index (χ4v) is 6.57. The molecule has 1 N–H and O–H groups in total. The Kier molecular flexibility index (Phi) is 4.98. The second-order valence-corrected chi connectivity index (χ2v) is 10.1. The molecule has 1 spiro atoms. The zero-order chi connectivity index (χ0) is 18.4. The van der Waals surface area contributed by atoms with Gasteiger partial charge in [-0.2, -0.15) is 0 Å². The molecule has 27 heavy (non-hydrogen) atoms. The van der Waals surface area contributed by atoms with Gasteiger partial charge in [-0.3, -0.25) is 9.69 Å². The third-order valence-corrected chi connectivity index (χ3v) is 8.55. The second-order valence-electron chi connectivity index (χ2n) is 10.1. The van der Waals surface area contributed by atoms with Crippen molar-refractivity contribution in [3.8, 4) is 0 Å². The van der Waals surface area contributed by atoms with Crippen molar-refractivity contribution in [2.75, 3.05) is 39.8 Å². The first-order chi connectivity index (χ1) is 13.1. The highest BCUT2D eigenvalue weighted by atomic mass is 16.5. The van der Waals surface area contributed by atoms with Crippen LogP contribution in [0.2, 0.25) is 0 Å². The Labute approximate surface area is 164 Å². The quantitative estimate of drug-likeness (QED) is 0.773. The molecule has 0 radical (unpaired) electrons. The van der Waals surface area contributed by atoms with E-state index in [0.717, 1.165) is 37.9 Å². The topological polar surface area (TPSA) is 44.8 Å². The monoisotopic (exact) mass is 375 g/mol. The summed E-state index contributed by atoms with van der Waals surface area (Å²) in [5.74, 6) is 2.25. The smallest absolute Gasteiger partial charge is 0.220 e. The van der Waals surface area contributed by atoms with Gasteiger partial charge in [0.15, 0.2) is 0 Å². The summed E-state index contributed by atoms with van der Waals surface area (Å²) in [5, 5.41) is 3.28. The van der Waals surface area contributed by atoms with Gasteiger partial charge in [-0.05, 0) is 58.2 Å². The first kappa shape index (κ1) is 18.4. The van der Waals surface area contributed by atoms with Crippen molar-refractivity contribution < 1.29 is 9.53 Å². The summed E-state index contributed by atoms with van der Waals surface area (Å²) in [7, 11) is 2.24. The Morgan fingerprint density at radius 1 is 1.19 bits per heavy atom. The number of nitrogens with zero attached hydrogens (tertiary/aromatic N) is 2. The summed E-state index contributed by atoms with van der Waals surface area (Å²) in [5.41, 5.74) is 0.106. The number of ether oxygens (including phenoxy) is 1. The highest BCUT2D eigenvalue weighted by molar-refractivity contribution is 5.75. The van der Waals surface area contributed by atoms with E-state index in [4.69, 9.17) is 4.74 Å². The molecule has 0 aromatic carbocycles. The van der Waals surface area contributed by atoms with Crippen LogP contribution in [0.1, 0.15) is 57.8 Å². The van der Waals surface area contributed by atoms with E-state index in [1.165, 1.54) is 64.6 Å². The molecule has 4 atom stereocenters. The number of fused-ring (bicyclic) bond motifs is 1. The molecule has 4 saturated heterocycles. The molecule has 4 heterocycles. The average molecular weight is 376 g/mol. The minimum atomic E-state index is 0.106. The number of nitrogens with one attached hydrogen (secondary N) is 1. The molecule has 5 fully saturated rings. The van der Waals surface area contributed by atoms with Crippen LogP contribution in [0.4, 0.5) is 0 Å². The number of rotatable bonds is 6. The van der Waals surface area contributed by atoms with Crippen molar-refractivity contribution in [3.05, 3.63) is 0 Å². The average Bonchev–Trinajstić information content (AvgIpc) is 3.27. The molecular formula is C22H37N3O2. The van der Waals surface area contributed by atoms with Gasteiger partial charge in [-0.15, -0.1) is 0 Å². The number of carbonyl (C=O) groups is 1. The molecular weight excluding hydrogens is 338 g/mol. The maximum absolute atomic E-state index is 12.3. The Balaban J connectivity index is 1.15. The Morgan fingerprint density at radius 3 is 2.74 bits per heavy atom. The fourth-order valence-electron chi connectivity index (χ4n) is 6.57.